The van der Waals surface area contributed by atoms with Crippen molar-refractivity contribution in [2.24, 2.45) is 0 Å². The molecule has 1 aromatic heterocycles. The Bertz CT molecular complexity index is 521. The van der Waals surface area contributed by atoms with Crippen LogP contribution in [-0.4, -0.2) is 5.78 Å². The summed E-state index contributed by atoms with van der Waals surface area (Å²) >= 11 is 0. The molecule has 2 heteroatoms. The molecule has 0 atom stereocenters. The SMILES string of the molecule is CC(=O)/C=C/c1ccc(Cc2ccccc2)o1. The van der Waals surface area contributed by atoms with Gasteiger partial charge in [0.05, 0.1) is 0 Å². The van der Waals surface area contributed by atoms with E-state index in [1.54, 1.807) is 6.08 Å². The zero-order chi connectivity index (χ0) is 12.1. The van der Waals surface area contributed by atoms with Crippen LogP contribution in [0.1, 0.15) is 24.0 Å². The highest BCUT2D eigenvalue weighted by Gasteiger charge is 2.01. The van der Waals surface area contributed by atoms with Crippen LogP contribution in [0.2, 0.25) is 0 Å². The quantitative estimate of drug-likeness (QED) is 0.747. The third-order valence-electron chi connectivity index (χ3n) is 2.39. The first-order valence-corrected chi connectivity index (χ1v) is 5.55. The van der Waals surface area contributed by atoms with Gasteiger partial charge in [0.15, 0.2) is 5.78 Å². The molecule has 0 unspecified atom stereocenters. The molecule has 0 saturated heterocycles. The van der Waals surface area contributed by atoms with Crippen LogP contribution >= 0.6 is 0 Å². The summed E-state index contributed by atoms with van der Waals surface area (Å²) < 4.78 is 5.60. The van der Waals surface area contributed by atoms with E-state index in [9.17, 15) is 4.79 Å². The van der Waals surface area contributed by atoms with Crippen molar-refractivity contribution in [2.45, 2.75) is 13.3 Å². The van der Waals surface area contributed by atoms with Crippen molar-refractivity contribution in [1.29, 1.82) is 0 Å². The fourth-order valence-corrected chi connectivity index (χ4v) is 1.58. The van der Waals surface area contributed by atoms with Gasteiger partial charge in [-0.15, -0.1) is 0 Å². The van der Waals surface area contributed by atoms with Crippen molar-refractivity contribution in [2.75, 3.05) is 0 Å². The molecule has 17 heavy (non-hydrogen) atoms. The summed E-state index contributed by atoms with van der Waals surface area (Å²) in [6, 6.07) is 13.9. The van der Waals surface area contributed by atoms with Crippen LogP contribution in [0.4, 0.5) is 0 Å². The average molecular weight is 226 g/mol. The third-order valence-corrected chi connectivity index (χ3v) is 2.39. The van der Waals surface area contributed by atoms with E-state index in [2.05, 4.69) is 12.1 Å². The topological polar surface area (TPSA) is 30.2 Å². The van der Waals surface area contributed by atoms with Gasteiger partial charge in [0.25, 0.3) is 0 Å². The van der Waals surface area contributed by atoms with Crippen LogP contribution in [0.5, 0.6) is 0 Å². The van der Waals surface area contributed by atoms with E-state index in [1.165, 1.54) is 18.6 Å². The van der Waals surface area contributed by atoms with Crippen LogP contribution in [0.15, 0.2) is 53.0 Å². The van der Waals surface area contributed by atoms with Gasteiger partial charge in [-0.05, 0) is 36.8 Å². The van der Waals surface area contributed by atoms with E-state index in [0.29, 0.717) is 5.76 Å². The Morgan fingerprint density at radius 2 is 1.94 bits per heavy atom. The Labute approximate surface area is 101 Å². The molecule has 86 valence electrons. The zero-order valence-electron chi connectivity index (χ0n) is 9.72. The maximum atomic E-state index is 10.8. The molecular weight excluding hydrogens is 212 g/mol. The summed E-state index contributed by atoms with van der Waals surface area (Å²) in [5.41, 5.74) is 1.21. The van der Waals surface area contributed by atoms with Gasteiger partial charge >= 0.3 is 0 Å². The fraction of sp³-hybridized carbons (Fsp3) is 0.133. The number of carbonyl (C=O) groups excluding carboxylic acids is 1. The number of benzene rings is 1. The smallest absolute Gasteiger partial charge is 0.152 e. The van der Waals surface area contributed by atoms with Crippen molar-refractivity contribution in [3.8, 4) is 0 Å². The van der Waals surface area contributed by atoms with Gasteiger partial charge in [-0.3, -0.25) is 4.79 Å². The maximum Gasteiger partial charge on any atom is 0.152 e. The van der Waals surface area contributed by atoms with E-state index >= 15 is 0 Å². The Morgan fingerprint density at radius 3 is 2.65 bits per heavy atom. The van der Waals surface area contributed by atoms with E-state index < -0.39 is 0 Å². The molecule has 1 heterocycles. The second kappa shape index (κ2) is 5.30. The number of allylic oxidation sites excluding steroid dienone is 1. The normalized spacial score (nSPS) is 10.9. The largest absolute Gasteiger partial charge is 0.461 e. The number of ketones is 1. The van der Waals surface area contributed by atoms with Crippen LogP contribution in [-0.2, 0) is 11.2 Å². The summed E-state index contributed by atoms with van der Waals surface area (Å²) in [6.45, 7) is 1.52. The van der Waals surface area contributed by atoms with Crippen molar-refractivity contribution >= 4 is 11.9 Å². The average Bonchev–Trinajstić information content (AvgIpc) is 2.75. The zero-order valence-corrected chi connectivity index (χ0v) is 9.72. The highest BCUT2D eigenvalue weighted by atomic mass is 16.3. The fourth-order valence-electron chi connectivity index (χ4n) is 1.58. The van der Waals surface area contributed by atoms with E-state index in [-0.39, 0.29) is 5.78 Å². The molecule has 0 fully saturated rings. The second-order valence-corrected chi connectivity index (χ2v) is 3.91. The van der Waals surface area contributed by atoms with Crippen molar-refractivity contribution in [3.63, 3.8) is 0 Å². The van der Waals surface area contributed by atoms with Crippen LogP contribution in [0.3, 0.4) is 0 Å². The summed E-state index contributed by atoms with van der Waals surface area (Å²) in [7, 11) is 0. The standard InChI is InChI=1S/C15H14O2/c1-12(16)7-8-14-9-10-15(17-14)11-13-5-3-2-4-6-13/h2-10H,11H2,1H3/b8-7+. The summed E-state index contributed by atoms with van der Waals surface area (Å²) in [5, 5.41) is 0. The molecule has 0 aliphatic rings. The minimum absolute atomic E-state index is 0.0195. The molecule has 0 aliphatic heterocycles. The minimum atomic E-state index is 0.0195. The Hall–Kier alpha value is -2.09. The van der Waals surface area contributed by atoms with Crippen molar-refractivity contribution < 1.29 is 9.21 Å². The van der Waals surface area contributed by atoms with Crippen LogP contribution in [0, 0.1) is 0 Å². The number of carbonyl (C=O) groups is 1. The first kappa shape index (κ1) is 11.4. The van der Waals surface area contributed by atoms with Crippen LogP contribution in [0.25, 0.3) is 6.08 Å². The molecule has 0 saturated carbocycles. The molecule has 0 amide bonds. The van der Waals surface area contributed by atoms with Gasteiger partial charge in [-0.25, -0.2) is 0 Å². The summed E-state index contributed by atoms with van der Waals surface area (Å²) in [5.74, 6) is 1.64. The molecular formula is C15H14O2. The Balaban J connectivity index is 2.06. The molecule has 0 radical (unpaired) electrons. The van der Waals surface area contributed by atoms with E-state index in [0.717, 1.165) is 12.2 Å². The van der Waals surface area contributed by atoms with Gasteiger partial charge in [0.2, 0.25) is 0 Å². The molecule has 2 rings (SSSR count). The van der Waals surface area contributed by atoms with E-state index in [1.807, 2.05) is 30.3 Å². The third kappa shape index (κ3) is 3.45. The lowest BCUT2D eigenvalue weighted by Crippen LogP contribution is -1.83. The van der Waals surface area contributed by atoms with Crippen LogP contribution < -0.4 is 0 Å². The highest BCUT2D eigenvalue weighted by molar-refractivity contribution is 5.91. The van der Waals surface area contributed by atoms with Gasteiger partial charge in [0.1, 0.15) is 11.5 Å². The molecule has 0 N–H and O–H groups in total. The van der Waals surface area contributed by atoms with Crippen molar-refractivity contribution in [1.82, 2.24) is 0 Å². The van der Waals surface area contributed by atoms with Gasteiger partial charge in [-0.2, -0.15) is 0 Å². The Morgan fingerprint density at radius 1 is 1.18 bits per heavy atom. The lowest BCUT2D eigenvalue weighted by Gasteiger charge is -1.96. The van der Waals surface area contributed by atoms with Gasteiger partial charge in [-0.1, -0.05) is 30.3 Å². The molecule has 2 nitrogen and oxygen atoms in total. The number of furan rings is 1. The lowest BCUT2D eigenvalue weighted by atomic mass is 10.1. The number of hydrogen-bond donors (Lipinski definition) is 0. The molecule has 0 bridgehead atoms. The van der Waals surface area contributed by atoms with Crippen molar-refractivity contribution in [3.05, 3.63) is 65.6 Å². The second-order valence-electron chi connectivity index (χ2n) is 3.91. The first-order valence-electron chi connectivity index (χ1n) is 5.55. The lowest BCUT2D eigenvalue weighted by molar-refractivity contribution is -0.112. The maximum absolute atomic E-state index is 10.8. The molecule has 2 aromatic rings. The molecule has 0 spiro atoms. The highest BCUT2D eigenvalue weighted by Crippen LogP contribution is 2.14. The minimum Gasteiger partial charge on any atom is -0.461 e. The first-order chi connectivity index (χ1) is 8.24. The van der Waals surface area contributed by atoms with Gasteiger partial charge < -0.3 is 4.42 Å². The number of hydrogen-bond acceptors (Lipinski definition) is 2. The predicted octanol–water partition coefficient (Wildman–Crippen LogP) is 3.47. The van der Waals surface area contributed by atoms with E-state index in [4.69, 9.17) is 4.42 Å². The summed E-state index contributed by atoms with van der Waals surface area (Å²) in [4.78, 5) is 10.8. The predicted molar refractivity (Wildman–Crippen MR) is 67.7 cm³/mol. The number of rotatable bonds is 4. The monoisotopic (exact) mass is 226 g/mol. The molecule has 1 aromatic carbocycles. The van der Waals surface area contributed by atoms with Gasteiger partial charge in [0, 0.05) is 6.42 Å². The molecule has 0 aliphatic carbocycles. The summed E-state index contributed by atoms with van der Waals surface area (Å²) in [6.07, 6.45) is 3.97. The Kier molecular flexibility index (Phi) is 3.55.